The highest BCUT2D eigenvalue weighted by Crippen LogP contribution is 2.31. The van der Waals surface area contributed by atoms with Crippen LogP contribution in [0.2, 0.25) is 0 Å². The normalized spacial score (nSPS) is 16.1. The fourth-order valence-corrected chi connectivity index (χ4v) is 4.65. The Hall–Kier alpha value is -3.73. The lowest BCUT2D eigenvalue weighted by Crippen LogP contribution is -2.39. The number of nitrogens with zero attached hydrogens (tertiary/aromatic N) is 3. The van der Waals surface area contributed by atoms with Gasteiger partial charge in [0.25, 0.3) is 5.91 Å². The molecule has 0 bridgehead atoms. The maximum Gasteiger partial charge on any atom is 0.253 e. The molecular weight excluding hydrogens is 410 g/mol. The van der Waals surface area contributed by atoms with Gasteiger partial charge in [0.05, 0.1) is 12.6 Å². The summed E-state index contributed by atoms with van der Waals surface area (Å²) in [6.45, 7) is 3.49. The Bertz CT molecular complexity index is 1300. The molecule has 1 saturated heterocycles. The number of carbonyl (C=O) groups is 1. The molecule has 0 spiro atoms. The van der Waals surface area contributed by atoms with Crippen molar-refractivity contribution in [2.24, 2.45) is 0 Å². The summed E-state index contributed by atoms with van der Waals surface area (Å²) in [5, 5.41) is 0.987. The summed E-state index contributed by atoms with van der Waals surface area (Å²) < 4.78 is 5.29. The average molecular weight is 438 g/mol. The summed E-state index contributed by atoms with van der Waals surface area (Å²) >= 11 is 0. The van der Waals surface area contributed by atoms with Crippen molar-refractivity contribution in [3.63, 3.8) is 0 Å². The first-order valence-electron chi connectivity index (χ1n) is 11.4. The van der Waals surface area contributed by atoms with E-state index in [1.807, 2.05) is 54.3 Å². The number of amides is 1. The van der Waals surface area contributed by atoms with Crippen molar-refractivity contribution < 1.29 is 9.53 Å². The zero-order chi connectivity index (χ0) is 22.8. The predicted octanol–water partition coefficient (Wildman–Crippen LogP) is 5.63. The van der Waals surface area contributed by atoms with Crippen LogP contribution in [0.15, 0.2) is 72.9 Å². The molecule has 0 N–H and O–H groups in total. The summed E-state index contributed by atoms with van der Waals surface area (Å²) in [5.74, 6) is 1.14. The largest absolute Gasteiger partial charge is 0.497 e. The minimum Gasteiger partial charge on any atom is -0.497 e. The van der Waals surface area contributed by atoms with Crippen molar-refractivity contribution >= 4 is 16.8 Å². The van der Waals surface area contributed by atoms with Crippen LogP contribution in [-0.4, -0.2) is 41.0 Å². The number of benzene rings is 2. The van der Waals surface area contributed by atoms with Gasteiger partial charge in [-0.05, 0) is 79.4 Å². The summed E-state index contributed by atoms with van der Waals surface area (Å²) in [7, 11) is 1.68. The Balaban J connectivity index is 1.38. The van der Waals surface area contributed by atoms with Gasteiger partial charge < -0.3 is 9.64 Å². The lowest BCUT2D eigenvalue weighted by molar-refractivity contribution is 0.0706. The van der Waals surface area contributed by atoms with Gasteiger partial charge in [-0.15, -0.1) is 0 Å². The van der Waals surface area contributed by atoms with Crippen LogP contribution < -0.4 is 4.74 Å². The van der Waals surface area contributed by atoms with Gasteiger partial charge in [-0.3, -0.25) is 14.8 Å². The average Bonchev–Trinajstić information content (AvgIpc) is 2.87. The number of ether oxygens (including phenoxy) is 1. The molecule has 1 atom stereocenters. The van der Waals surface area contributed by atoms with Crippen molar-refractivity contribution in [1.82, 2.24) is 14.9 Å². The molecule has 2 aromatic heterocycles. The van der Waals surface area contributed by atoms with Crippen LogP contribution in [0.4, 0.5) is 0 Å². The second-order valence-corrected chi connectivity index (χ2v) is 8.65. The first kappa shape index (κ1) is 21.1. The molecule has 1 amide bonds. The number of carbonyl (C=O) groups excluding carboxylic acids is 1. The quantitative estimate of drug-likeness (QED) is 0.415. The second-order valence-electron chi connectivity index (χ2n) is 8.65. The van der Waals surface area contributed by atoms with Crippen LogP contribution in [0.5, 0.6) is 5.75 Å². The lowest BCUT2D eigenvalue weighted by atomic mass is 9.91. The van der Waals surface area contributed by atoms with E-state index in [4.69, 9.17) is 9.72 Å². The number of pyridine rings is 2. The topological polar surface area (TPSA) is 55.3 Å². The van der Waals surface area contributed by atoms with Crippen LogP contribution in [0.3, 0.4) is 0 Å². The number of rotatable bonds is 4. The number of piperidine rings is 1. The minimum absolute atomic E-state index is 0.0773. The molecule has 5 nitrogen and oxygen atoms in total. The van der Waals surface area contributed by atoms with Crippen molar-refractivity contribution in [3.05, 3.63) is 89.9 Å². The number of methoxy groups -OCH3 is 1. The van der Waals surface area contributed by atoms with E-state index in [-0.39, 0.29) is 11.8 Å². The molecule has 4 aromatic rings. The van der Waals surface area contributed by atoms with Crippen LogP contribution >= 0.6 is 0 Å². The number of hydrogen-bond acceptors (Lipinski definition) is 4. The molecule has 0 saturated carbocycles. The highest BCUT2D eigenvalue weighted by Gasteiger charge is 2.27. The van der Waals surface area contributed by atoms with Crippen molar-refractivity contribution in [1.29, 1.82) is 0 Å². The maximum absolute atomic E-state index is 13.3. The molecule has 166 valence electrons. The molecule has 1 fully saturated rings. The van der Waals surface area contributed by atoms with Gasteiger partial charge in [0, 0.05) is 47.5 Å². The van der Waals surface area contributed by atoms with E-state index in [0.717, 1.165) is 58.6 Å². The molecule has 0 unspecified atom stereocenters. The maximum atomic E-state index is 13.3. The minimum atomic E-state index is 0.0773. The third kappa shape index (κ3) is 4.44. The fourth-order valence-electron chi connectivity index (χ4n) is 4.65. The highest BCUT2D eigenvalue weighted by atomic mass is 16.5. The summed E-state index contributed by atoms with van der Waals surface area (Å²) in [6.07, 6.45) is 3.77. The summed E-state index contributed by atoms with van der Waals surface area (Å²) in [6, 6.07) is 22.0. The van der Waals surface area contributed by atoms with Crippen molar-refractivity contribution in [2.75, 3.05) is 20.2 Å². The number of likely N-dealkylation sites (tertiary alicyclic amines) is 1. The first-order valence-corrected chi connectivity index (χ1v) is 11.4. The molecule has 5 rings (SSSR count). The summed E-state index contributed by atoms with van der Waals surface area (Å²) in [5.41, 5.74) is 5.94. The molecule has 1 aliphatic rings. The monoisotopic (exact) mass is 437 g/mol. The van der Waals surface area contributed by atoms with Crippen molar-refractivity contribution in [3.8, 4) is 16.9 Å². The molecular formula is C28H27N3O2. The Morgan fingerprint density at radius 3 is 2.70 bits per heavy atom. The van der Waals surface area contributed by atoms with E-state index in [9.17, 15) is 4.79 Å². The molecule has 0 radical (unpaired) electrons. The third-order valence-electron chi connectivity index (χ3n) is 6.37. The first-order chi connectivity index (χ1) is 16.1. The van der Waals surface area contributed by atoms with Crippen LogP contribution in [0.25, 0.3) is 22.0 Å². The molecule has 1 aliphatic heterocycles. The van der Waals surface area contributed by atoms with Crippen molar-refractivity contribution in [2.45, 2.75) is 25.7 Å². The predicted molar refractivity (Wildman–Crippen MR) is 131 cm³/mol. The van der Waals surface area contributed by atoms with Crippen LogP contribution in [0.1, 0.15) is 40.5 Å². The van der Waals surface area contributed by atoms with E-state index in [0.29, 0.717) is 12.1 Å². The molecule has 33 heavy (non-hydrogen) atoms. The van der Waals surface area contributed by atoms with E-state index >= 15 is 0 Å². The number of aromatic nitrogens is 2. The van der Waals surface area contributed by atoms with Gasteiger partial charge in [-0.25, -0.2) is 0 Å². The van der Waals surface area contributed by atoms with E-state index in [1.165, 1.54) is 0 Å². The Morgan fingerprint density at radius 1 is 1.03 bits per heavy atom. The SMILES string of the molecule is COc1ccc(-c2cc(C)nc([C@H]3CCCN(C(=O)c4ccc5ncccc5c4)C3)c2)cc1. The zero-order valence-corrected chi connectivity index (χ0v) is 19.0. The third-order valence-corrected chi connectivity index (χ3v) is 6.37. The van der Waals surface area contributed by atoms with Crippen LogP contribution in [0, 0.1) is 6.92 Å². The second kappa shape index (κ2) is 9.02. The smallest absolute Gasteiger partial charge is 0.253 e. The van der Waals surface area contributed by atoms with E-state index in [2.05, 4.69) is 29.2 Å². The number of fused-ring (bicyclic) bond motifs is 1. The van der Waals surface area contributed by atoms with Gasteiger partial charge in [-0.2, -0.15) is 0 Å². The Kier molecular flexibility index (Phi) is 5.78. The fraction of sp³-hybridized carbons (Fsp3) is 0.250. The Morgan fingerprint density at radius 2 is 1.88 bits per heavy atom. The molecule has 0 aliphatic carbocycles. The summed E-state index contributed by atoms with van der Waals surface area (Å²) in [4.78, 5) is 24.5. The lowest BCUT2D eigenvalue weighted by Gasteiger charge is -2.33. The van der Waals surface area contributed by atoms with E-state index in [1.54, 1.807) is 13.3 Å². The molecule has 2 aromatic carbocycles. The molecule has 5 heteroatoms. The van der Waals surface area contributed by atoms with Gasteiger partial charge in [0.2, 0.25) is 0 Å². The zero-order valence-electron chi connectivity index (χ0n) is 19.0. The van der Waals surface area contributed by atoms with Gasteiger partial charge in [0.15, 0.2) is 0 Å². The Labute approximate surface area is 194 Å². The van der Waals surface area contributed by atoms with Gasteiger partial charge in [0.1, 0.15) is 5.75 Å². The standard InChI is InChI=1S/C28H27N3O2/c1-19-15-24(20-7-10-25(33-2)11-8-20)17-27(30-19)23-6-4-14-31(18-23)28(32)22-9-12-26-21(16-22)5-3-13-29-26/h3,5,7-13,15-17,23H,4,6,14,18H2,1-2H3/t23-/m0/s1. The number of hydrogen-bond donors (Lipinski definition) is 0. The number of aryl methyl sites for hydroxylation is 1. The molecule has 3 heterocycles. The van der Waals surface area contributed by atoms with Gasteiger partial charge >= 0.3 is 0 Å². The van der Waals surface area contributed by atoms with E-state index < -0.39 is 0 Å². The van der Waals surface area contributed by atoms with Gasteiger partial charge in [-0.1, -0.05) is 18.2 Å². The highest BCUT2D eigenvalue weighted by molar-refractivity contribution is 5.98. The van der Waals surface area contributed by atoms with Crippen LogP contribution in [-0.2, 0) is 0 Å².